The summed E-state index contributed by atoms with van der Waals surface area (Å²) in [7, 11) is -3.98. The van der Waals surface area contributed by atoms with Crippen LogP contribution >= 0.6 is 11.6 Å². The van der Waals surface area contributed by atoms with E-state index in [0.29, 0.717) is 19.8 Å². The Morgan fingerprint density at radius 1 is 1.26 bits per heavy atom. The normalized spacial score (nSPS) is 16.9. The van der Waals surface area contributed by atoms with E-state index in [1.54, 1.807) is 6.07 Å². The van der Waals surface area contributed by atoms with E-state index in [4.69, 9.17) is 26.2 Å². The van der Waals surface area contributed by atoms with Crippen LogP contribution in [0.1, 0.15) is 16.8 Å². The number of hydrogen-bond acceptors (Lipinski definition) is 5. The molecule has 1 aliphatic rings. The van der Waals surface area contributed by atoms with Crippen molar-refractivity contribution in [3.63, 3.8) is 0 Å². The Kier molecular flexibility index (Phi) is 5.88. The van der Waals surface area contributed by atoms with Gasteiger partial charge < -0.3 is 14.6 Å². The first kappa shape index (κ1) is 19.5. The van der Waals surface area contributed by atoms with Gasteiger partial charge in [-0.25, -0.2) is 13.2 Å². The molecule has 9 heteroatoms. The fourth-order valence-electron chi connectivity index (χ4n) is 2.62. The van der Waals surface area contributed by atoms with Gasteiger partial charge in [0, 0.05) is 23.2 Å². The molecule has 1 aliphatic heterocycles. The van der Waals surface area contributed by atoms with Gasteiger partial charge in [0.05, 0.1) is 18.8 Å². The Morgan fingerprint density at radius 2 is 2.00 bits per heavy atom. The Balaban J connectivity index is 1.81. The van der Waals surface area contributed by atoms with E-state index >= 15 is 0 Å². The van der Waals surface area contributed by atoms with E-state index < -0.39 is 16.0 Å². The van der Waals surface area contributed by atoms with E-state index in [1.807, 2.05) is 0 Å². The molecular weight excluding hydrogens is 394 g/mol. The third-order valence-electron chi connectivity index (χ3n) is 4.08. The Hall–Kier alpha value is -2.29. The average molecular weight is 412 g/mol. The molecule has 7 nitrogen and oxygen atoms in total. The summed E-state index contributed by atoms with van der Waals surface area (Å²) in [5.41, 5.74) is 0.290. The van der Waals surface area contributed by atoms with Gasteiger partial charge in [0.2, 0.25) is 0 Å². The number of sulfonamides is 1. The smallest absolute Gasteiger partial charge is 0.335 e. The summed E-state index contributed by atoms with van der Waals surface area (Å²) >= 11 is 5.98. The van der Waals surface area contributed by atoms with Gasteiger partial charge in [0.25, 0.3) is 10.0 Å². The number of anilines is 1. The summed E-state index contributed by atoms with van der Waals surface area (Å²) < 4.78 is 39.0. The molecule has 0 saturated carbocycles. The number of carboxylic acids is 1. The topological polar surface area (TPSA) is 102 Å². The maximum Gasteiger partial charge on any atom is 0.335 e. The third-order valence-corrected chi connectivity index (χ3v) is 5.72. The first-order valence-electron chi connectivity index (χ1n) is 8.21. The molecule has 0 aromatic heterocycles. The van der Waals surface area contributed by atoms with Crippen LogP contribution < -0.4 is 9.46 Å². The number of carboxylic acid groups (broad SMARTS) is 1. The van der Waals surface area contributed by atoms with E-state index in [2.05, 4.69) is 4.72 Å². The minimum absolute atomic E-state index is 0.0588. The molecule has 0 spiro atoms. The fraction of sp³-hybridized carbons (Fsp3) is 0.278. The lowest BCUT2D eigenvalue weighted by Crippen LogP contribution is -2.17. The monoisotopic (exact) mass is 411 g/mol. The van der Waals surface area contributed by atoms with Gasteiger partial charge in [0.1, 0.15) is 10.6 Å². The Bertz CT molecular complexity index is 923. The van der Waals surface area contributed by atoms with Crippen molar-refractivity contribution >= 4 is 33.3 Å². The summed E-state index contributed by atoms with van der Waals surface area (Å²) in [6.07, 6.45) is 0.865. The van der Waals surface area contributed by atoms with Gasteiger partial charge in [-0.05, 0) is 48.9 Å². The summed E-state index contributed by atoms with van der Waals surface area (Å²) in [5, 5.41) is 9.18. The van der Waals surface area contributed by atoms with Crippen LogP contribution in [0.2, 0.25) is 5.02 Å². The number of hydrogen-bond donors (Lipinski definition) is 2. The molecule has 27 heavy (non-hydrogen) atoms. The van der Waals surface area contributed by atoms with Crippen LogP contribution in [0.25, 0.3) is 0 Å². The minimum Gasteiger partial charge on any atom is -0.492 e. The van der Waals surface area contributed by atoms with Crippen molar-refractivity contribution in [3.8, 4) is 5.75 Å². The molecule has 1 atom stereocenters. The van der Waals surface area contributed by atoms with Crippen LogP contribution in [0.4, 0.5) is 5.69 Å². The zero-order valence-electron chi connectivity index (χ0n) is 14.2. The molecule has 2 aromatic rings. The minimum atomic E-state index is -3.98. The molecule has 3 rings (SSSR count). The van der Waals surface area contributed by atoms with Crippen LogP contribution in [0, 0.1) is 5.92 Å². The summed E-state index contributed by atoms with van der Waals surface area (Å²) in [5.74, 6) is -0.681. The second-order valence-corrected chi connectivity index (χ2v) is 8.21. The number of carbonyl (C=O) groups is 1. The zero-order valence-corrected chi connectivity index (χ0v) is 15.8. The molecule has 2 aromatic carbocycles. The van der Waals surface area contributed by atoms with Gasteiger partial charge in [0.15, 0.2) is 0 Å². The fourth-order valence-corrected chi connectivity index (χ4v) is 4.09. The number of aromatic carboxylic acids is 1. The van der Waals surface area contributed by atoms with Crippen molar-refractivity contribution in [1.82, 2.24) is 0 Å². The van der Waals surface area contributed by atoms with Crippen LogP contribution in [-0.2, 0) is 14.8 Å². The summed E-state index contributed by atoms with van der Waals surface area (Å²) in [4.78, 5) is 10.8. The van der Waals surface area contributed by atoms with Crippen molar-refractivity contribution in [2.75, 3.05) is 24.5 Å². The predicted molar refractivity (Wildman–Crippen MR) is 100 cm³/mol. The van der Waals surface area contributed by atoms with Crippen molar-refractivity contribution in [2.45, 2.75) is 11.3 Å². The molecule has 2 N–H and O–H groups in total. The molecule has 0 aliphatic carbocycles. The molecule has 0 unspecified atom stereocenters. The van der Waals surface area contributed by atoms with Crippen LogP contribution in [0.15, 0.2) is 47.4 Å². The quantitative estimate of drug-likeness (QED) is 0.725. The number of nitrogens with one attached hydrogen (secondary N) is 1. The van der Waals surface area contributed by atoms with E-state index in [-0.39, 0.29) is 32.8 Å². The standard InChI is InChI=1S/C18H18ClNO6S/c19-14-3-6-16(26-11-12-7-8-25-10-12)17(9-14)27(23,24)20-15-4-1-13(2-5-15)18(21)22/h1-6,9,12,20H,7-8,10-11H2,(H,21,22)/t12-/m1/s1. The van der Waals surface area contributed by atoms with Crippen molar-refractivity contribution in [2.24, 2.45) is 5.92 Å². The van der Waals surface area contributed by atoms with E-state index in [1.165, 1.54) is 36.4 Å². The molecule has 144 valence electrons. The molecule has 1 saturated heterocycles. The van der Waals surface area contributed by atoms with Gasteiger partial charge in [-0.15, -0.1) is 0 Å². The number of halogens is 1. The average Bonchev–Trinajstić information content (AvgIpc) is 3.14. The second kappa shape index (κ2) is 8.16. The lowest BCUT2D eigenvalue weighted by Gasteiger charge is -2.15. The number of ether oxygens (including phenoxy) is 2. The van der Waals surface area contributed by atoms with E-state index in [0.717, 1.165) is 6.42 Å². The highest BCUT2D eigenvalue weighted by molar-refractivity contribution is 7.92. The third kappa shape index (κ3) is 4.91. The van der Waals surface area contributed by atoms with Crippen LogP contribution in [0.5, 0.6) is 5.75 Å². The van der Waals surface area contributed by atoms with Crippen molar-refractivity contribution in [1.29, 1.82) is 0 Å². The Morgan fingerprint density at radius 3 is 2.63 bits per heavy atom. The van der Waals surface area contributed by atoms with Gasteiger partial charge >= 0.3 is 5.97 Å². The molecule has 1 heterocycles. The highest BCUT2D eigenvalue weighted by Crippen LogP contribution is 2.30. The maximum atomic E-state index is 12.8. The number of rotatable bonds is 7. The zero-order chi connectivity index (χ0) is 19.4. The second-order valence-electron chi connectivity index (χ2n) is 6.12. The van der Waals surface area contributed by atoms with Gasteiger partial charge in [-0.1, -0.05) is 11.6 Å². The van der Waals surface area contributed by atoms with Crippen LogP contribution in [0.3, 0.4) is 0 Å². The molecule has 0 amide bonds. The van der Waals surface area contributed by atoms with Gasteiger partial charge in [-0.2, -0.15) is 0 Å². The summed E-state index contributed by atoms with van der Waals surface area (Å²) in [6, 6.07) is 9.77. The first-order chi connectivity index (χ1) is 12.8. The summed E-state index contributed by atoms with van der Waals surface area (Å²) in [6.45, 7) is 1.61. The molecular formula is C18H18ClNO6S. The molecule has 0 bridgehead atoms. The highest BCUT2D eigenvalue weighted by Gasteiger charge is 2.23. The highest BCUT2D eigenvalue weighted by atomic mass is 35.5. The van der Waals surface area contributed by atoms with Crippen molar-refractivity contribution < 1.29 is 27.8 Å². The Labute approximate surface area is 161 Å². The van der Waals surface area contributed by atoms with Crippen molar-refractivity contribution in [3.05, 3.63) is 53.1 Å². The van der Waals surface area contributed by atoms with E-state index in [9.17, 15) is 13.2 Å². The predicted octanol–water partition coefficient (Wildman–Crippen LogP) is 3.25. The lowest BCUT2D eigenvalue weighted by molar-refractivity contribution is 0.0697. The SMILES string of the molecule is O=C(O)c1ccc(NS(=O)(=O)c2cc(Cl)ccc2OC[C@@H]2CCOC2)cc1. The maximum absolute atomic E-state index is 12.8. The number of benzene rings is 2. The first-order valence-corrected chi connectivity index (χ1v) is 10.1. The molecule has 1 fully saturated rings. The lowest BCUT2D eigenvalue weighted by atomic mass is 10.1. The largest absolute Gasteiger partial charge is 0.492 e. The van der Waals surface area contributed by atoms with Gasteiger partial charge in [-0.3, -0.25) is 4.72 Å². The molecule has 0 radical (unpaired) electrons. The van der Waals surface area contributed by atoms with Crippen LogP contribution in [-0.4, -0.2) is 39.3 Å².